The molecule has 0 saturated carbocycles. The van der Waals surface area contributed by atoms with Crippen LogP contribution in [0.3, 0.4) is 0 Å². The Balaban J connectivity index is 1.45. The molecule has 1 N–H and O–H groups in total. The highest BCUT2D eigenvalue weighted by molar-refractivity contribution is 6.00. The van der Waals surface area contributed by atoms with Crippen LogP contribution in [0, 0.1) is 0 Å². The van der Waals surface area contributed by atoms with Gasteiger partial charge in [0.2, 0.25) is 18.0 Å². The molecule has 2 aromatic rings. The Hall–Kier alpha value is -3.68. The lowest BCUT2D eigenvalue weighted by Crippen LogP contribution is -2.43. The van der Waals surface area contributed by atoms with Crippen LogP contribution < -0.4 is 5.32 Å². The number of benzene rings is 2. The summed E-state index contributed by atoms with van der Waals surface area (Å²) in [6.45, 7) is 2.38. The summed E-state index contributed by atoms with van der Waals surface area (Å²) in [5, 5.41) is 2.79. The first-order valence-electron chi connectivity index (χ1n) is 10.7. The summed E-state index contributed by atoms with van der Waals surface area (Å²) in [7, 11) is 0. The molecule has 8 nitrogen and oxygen atoms in total. The van der Waals surface area contributed by atoms with E-state index < -0.39 is 24.2 Å². The van der Waals surface area contributed by atoms with Crippen molar-refractivity contribution >= 4 is 29.4 Å². The lowest BCUT2D eigenvalue weighted by atomic mass is 10.1. The molecule has 0 aliphatic carbocycles. The van der Waals surface area contributed by atoms with Crippen LogP contribution in [0.2, 0.25) is 0 Å². The van der Waals surface area contributed by atoms with Crippen LogP contribution in [0.15, 0.2) is 48.5 Å². The van der Waals surface area contributed by atoms with Crippen molar-refractivity contribution in [3.05, 3.63) is 65.2 Å². The normalized spacial score (nSPS) is 19.5. The van der Waals surface area contributed by atoms with Gasteiger partial charge in [0.1, 0.15) is 6.04 Å². The number of carbonyl (C=O) groups excluding carboxylic acids is 4. The maximum atomic E-state index is 13.0. The molecule has 2 amide bonds. The lowest BCUT2D eigenvalue weighted by Gasteiger charge is -2.29. The van der Waals surface area contributed by atoms with E-state index in [9.17, 15) is 19.2 Å². The number of amides is 2. The van der Waals surface area contributed by atoms with Crippen molar-refractivity contribution in [1.29, 1.82) is 0 Å². The molecule has 0 aromatic heterocycles. The van der Waals surface area contributed by atoms with Crippen LogP contribution in [-0.2, 0) is 19.1 Å². The Morgan fingerprint density at radius 2 is 1.88 bits per heavy atom. The number of fused-ring (bicyclic) bond motifs is 1. The molecule has 2 aliphatic rings. The minimum absolute atomic E-state index is 0.191. The molecule has 1 saturated heterocycles. The number of nitrogens with one attached hydrogen (secondary N) is 1. The lowest BCUT2D eigenvalue weighted by molar-refractivity contribution is -0.144. The second-order valence-electron chi connectivity index (χ2n) is 7.76. The number of hydrogen-bond acceptors (Lipinski definition) is 6. The Morgan fingerprint density at radius 3 is 2.62 bits per heavy atom. The number of likely N-dealkylation sites (tertiary alicyclic amines) is 1. The van der Waals surface area contributed by atoms with Crippen molar-refractivity contribution in [2.24, 2.45) is 0 Å². The van der Waals surface area contributed by atoms with Crippen molar-refractivity contribution < 1.29 is 28.7 Å². The quantitative estimate of drug-likeness (QED) is 0.527. The number of rotatable bonds is 7. The van der Waals surface area contributed by atoms with Crippen LogP contribution in [-0.4, -0.2) is 41.3 Å². The highest BCUT2D eigenvalue weighted by Gasteiger charge is 2.46. The van der Waals surface area contributed by atoms with Crippen molar-refractivity contribution in [2.75, 3.05) is 11.9 Å². The number of ether oxygens (including phenoxy) is 2. The van der Waals surface area contributed by atoms with E-state index in [0.717, 1.165) is 12.8 Å². The van der Waals surface area contributed by atoms with Gasteiger partial charge in [-0.15, -0.1) is 0 Å². The summed E-state index contributed by atoms with van der Waals surface area (Å²) in [5.74, 6) is -1.55. The van der Waals surface area contributed by atoms with Gasteiger partial charge in [-0.05, 0) is 43.2 Å². The molecular weight excluding hydrogens is 412 g/mol. The molecule has 32 heavy (non-hydrogen) atoms. The fourth-order valence-corrected chi connectivity index (χ4v) is 3.89. The summed E-state index contributed by atoms with van der Waals surface area (Å²) in [5.41, 5.74) is 1.86. The topological polar surface area (TPSA) is 102 Å². The molecule has 2 heterocycles. The maximum absolute atomic E-state index is 13.0. The first kappa shape index (κ1) is 21.5. The maximum Gasteiger partial charge on any atom is 0.340 e. The number of anilines is 1. The molecule has 2 atom stereocenters. The highest BCUT2D eigenvalue weighted by Crippen LogP contribution is 2.38. The molecule has 8 heteroatoms. The van der Waals surface area contributed by atoms with Crippen LogP contribution in [0.1, 0.15) is 65.1 Å². The molecule has 4 rings (SSSR count). The third-order valence-corrected chi connectivity index (χ3v) is 5.60. The fourth-order valence-electron chi connectivity index (χ4n) is 3.89. The highest BCUT2D eigenvalue weighted by atomic mass is 16.6. The van der Waals surface area contributed by atoms with E-state index in [4.69, 9.17) is 9.47 Å². The van der Waals surface area contributed by atoms with Gasteiger partial charge in [-0.25, -0.2) is 9.59 Å². The van der Waals surface area contributed by atoms with Gasteiger partial charge in [-0.3, -0.25) is 14.5 Å². The number of esters is 2. The van der Waals surface area contributed by atoms with Gasteiger partial charge >= 0.3 is 11.9 Å². The van der Waals surface area contributed by atoms with Gasteiger partial charge in [-0.2, -0.15) is 0 Å². The zero-order valence-electron chi connectivity index (χ0n) is 17.7. The van der Waals surface area contributed by atoms with Crippen molar-refractivity contribution in [2.45, 2.75) is 44.9 Å². The molecule has 166 valence electrons. The van der Waals surface area contributed by atoms with Crippen LogP contribution in [0.25, 0.3) is 0 Å². The molecule has 0 spiro atoms. The SMILES string of the molecule is CCCCOC(=O)c1ccc(NC(=O)[C@@H]2CCC(=O)N2[C@H]2OC(=O)c3ccccc32)cc1. The molecule has 0 bridgehead atoms. The Bertz CT molecular complexity index is 1050. The monoisotopic (exact) mass is 436 g/mol. The Labute approximate surface area is 185 Å². The van der Waals surface area contributed by atoms with Gasteiger partial charge in [0.15, 0.2) is 0 Å². The number of carbonyl (C=O) groups is 4. The number of nitrogens with zero attached hydrogens (tertiary/aromatic N) is 1. The third kappa shape index (κ3) is 4.21. The summed E-state index contributed by atoms with van der Waals surface area (Å²) in [6.07, 6.45) is 1.34. The van der Waals surface area contributed by atoms with Gasteiger partial charge in [0, 0.05) is 17.7 Å². The van der Waals surface area contributed by atoms with Crippen LogP contribution >= 0.6 is 0 Å². The molecule has 0 radical (unpaired) electrons. The predicted molar refractivity (Wildman–Crippen MR) is 115 cm³/mol. The zero-order chi connectivity index (χ0) is 22.7. The summed E-state index contributed by atoms with van der Waals surface area (Å²) in [6, 6.07) is 12.5. The molecule has 2 aliphatic heterocycles. The molecule has 1 fully saturated rings. The molecular formula is C24H24N2O6. The predicted octanol–water partition coefficient (Wildman–Crippen LogP) is 3.44. The summed E-state index contributed by atoms with van der Waals surface area (Å²) >= 11 is 0. The first-order chi connectivity index (χ1) is 15.5. The first-order valence-corrected chi connectivity index (χ1v) is 10.7. The van der Waals surface area contributed by atoms with Crippen LogP contribution in [0.4, 0.5) is 5.69 Å². The average Bonchev–Trinajstić information content (AvgIpc) is 3.34. The van der Waals surface area contributed by atoms with Crippen molar-refractivity contribution in [3.8, 4) is 0 Å². The van der Waals surface area contributed by atoms with Crippen molar-refractivity contribution in [1.82, 2.24) is 4.90 Å². The van der Waals surface area contributed by atoms with E-state index in [1.54, 1.807) is 48.5 Å². The van der Waals surface area contributed by atoms with Gasteiger partial charge < -0.3 is 14.8 Å². The van der Waals surface area contributed by atoms with Crippen LogP contribution in [0.5, 0.6) is 0 Å². The standard InChI is InChI=1S/C24H24N2O6/c1-2-3-14-31-23(29)15-8-10-16(11-9-15)25-21(28)19-12-13-20(27)26(19)22-17-6-4-5-7-18(17)24(30)32-22/h4-11,19,22H,2-3,12-14H2,1H3,(H,25,28)/t19-,22-/m0/s1. The largest absolute Gasteiger partial charge is 0.462 e. The fraction of sp³-hybridized carbons (Fsp3) is 0.333. The Morgan fingerprint density at radius 1 is 1.12 bits per heavy atom. The number of hydrogen-bond donors (Lipinski definition) is 1. The van der Waals surface area contributed by atoms with E-state index in [-0.39, 0.29) is 18.2 Å². The van der Waals surface area contributed by atoms with Crippen molar-refractivity contribution in [3.63, 3.8) is 0 Å². The molecule has 0 unspecified atom stereocenters. The minimum atomic E-state index is -0.912. The van der Waals surface area contributed by atoms with E-state index in [1.165, 1.54) is 4.90 Å². The third-order valence-electron chi connectivity index (χ3n) is 5.60. The molecule has 2 aromatic carbocycles. The van der Waals surface area contributed by atoms with Gasteiger partial charge in [0.25, 0.3) is 0 Å². The summed E-state index contributed by atoms with van der Waals surface area (Å²) < 4.78 is 10.6. The van der Waals surface area contributed by atoms with E-state index in [0.29, 0.717) is 35.4 Å². The zero-order valence-corrected chi connectivity index (χ0v) is 17.7. The van der Waals surface area contributed by atoms with E-state index >= 15 is 0 Å². The summed E-state index contributed by atoms with van der Waals surface area (Å²) in [4.78, 5) is 51.1. The van der Waals surface area contributed by atoms with Gasteiger partial charge in [0.05, 0.1) is 17.7 Å². The number of cyclic esters (lactones) is 1. The minimum Gasteiger partial charge on any atom is -0.462 e. The van der Waals surface area contributed by atoms with E-state index in [1.807, 2.05) is 6.92 Å². The average molecular weight is 436 g/mol. The van der Waals surface area contributed by atoms with E-state index in [2.05, 4.69) is 5.32 Å². The smallest absolute Gasteiger partial charge is 0.340 e. The second-order valence-corrected chi connectivity index (χ2v) is 7.76. The number of unbranched alkanes of at least 4 members (excludes halogenated alkanes) is 1. The second kappa shape index (κ2) is 9.21. The van der Waals surface area contributed by atoms with Gasteiger partial charge in [-0.1, -0.05) is 31.5 Å². The Kier molecular flexibility index (Phi) is 6.20.